The van der Waals surface area contributed by atoms with Gasteiger partial charge in [0.15, 0.2) is 0 Å². The molecule has 4 rings (SSSR count). The summed E-state index contributed by atoms with van der Waals surface area (Å²) in [6.45, 7) is 5.55. The van der Waals surface area contributed by atoms with E-state index in [1.54, 1.807) is 36.4 Å². The average Bonchev–Trinajstić information content (AvgIpc) is 3.04. The number of allylic oxidation sites excluding steroid dienone is 1. The van der Waals surface area contributed by atoms with Crippen molar-refractivity contribution in [2.45, 2.75) is 25.8 Å². The number of anilines is 2. The number of carbonyl (C=O) groups excluding carboxylic acids is 4. The second kappa shape index (κ2) is 9.40. The van der Waals surface area contributed by atoms with Gasteiger partial charge >= 0.3 is 6.09 Å². The average molecular weight is 481 g/mol. The van der Waals surface area contributed by atoms with Crippen LogP contribution >= 0.6 is 11.6 Å². The van der Waals surface area contributed by atoms with Gasteiger partial charge in [0.25, 0.3) is 11.8 Å². The number of benzene rings is 2. The molecular weight excluding hydrogens is 460 g/mol. The molecule has 2 aromatic rings. The summed E-state index contributed by atoms with van der Waals surface area (Å²) < 4.78 is 5.31. The van der Waals surface area contributed by atoms with Crippen molar-refractivity contribution in [3.05, 3.63) is 77.1 Å². The zero-order valence-electron chi connectivity index (χ0n) is 18.2. The molecule has 174 valence electrons. The molecule has 0 radical (unpaired) electrons. The molecule has 2 aliphatic heterocycles. The fourth-order valence-corrected chi connectivity index (χ4v) is 3.77. The third-order valence-corrected chi connectivity index (χ3v) is 5.74. The summed E-state index contributed by atoms with van der Waals surface area (Å²) in [6.07, 6.45) is 1.21. The number of hydrogen-bond donors (Lipinski definition) is 3. The van der Waals surface area contributed by atoms with Crippen molar-refractivity contribution in [1.82, 2.24) is 10.2 Å². The summed E-state index contributed by atoms with van der Waals surface area (Å²) in [5, 5.41) is 8.54. The minimum Gasteiger partial charge on any atom is -0.410 e. The summed E-state index contributed by atoms with van der Waals surface area (Å²) in [5.74, 6) is -1.43. The van der Waals surface area contributed by atoms with Gasteiger partial charge in [-0.3, -0.25) is 24.6 Å². The number of rotatable bonds is 5. The molecule has 1 atom stereocenters. The molecule has 1 unspecified atom stereocenters. The molecule has 2 heterocycles. The molecule has 10 heteroatoms. The second-order valence-corrected chi connectivity index (χ2v) is 8.26. The molecule has 1 fully saturated rings. The van der Waals surface area contributed by atoms with Crippen molar-refractivity contribution in [3.63, 3.8) is 0 Å². The fraction of sp³-hybridized carbons (Fsp3) is 0.167. The fourth-order valence-electron chi connectivity index (χ4n) is 3.59. The summed E-state index contributed by atoms with van der Waals surface area (Å²) in [7, 11) is 0. The van der Waals surface area contributed by atoms with Crippen LogP contribution in [-0.4, -0.2) is 34.8 Å². The van der Waals surface area contributed by atoms with Crippen LogP contribution in [0.3, 0.4) is 0 Å². The van der Waals surface area contributed by atoms with Gasteiger partial charge in [-0.15, -0.1) is 0 Å². The van der Waals surface area contributed by atoms with E-state index in [1.165, 1.54) is 6.07 Å². The Balaban J connectivity index is 1.40. The SMILES string of the molecule is C=C1CCC(N2C(=O)C=C(Nc3cccc(OC(=O)Nc4ccc(C)c(Cl)c4)c3)C2=O)C(=O)N1. The number of nitrogens with zero attached hydrogens (tertiary/aromatic N) is 1. The van der Waals surface area contributed by atoms with Crippen molar-refractivity contribution >= 4 is 46.8 Å². The molecule has 0 aliphatic carbocycles. The highest BCUT2D eigenvalue weighted by atomic mass is 35.5. The largest absolute Gasteiger partial charge is 0.417 e. The van der Waals surface area contributed by atoms with Crippen LogP contribution in [0.25, 0.3) is 0 Å². The highest BCUT2D eigenvalue weighted by Crippen LogP contribution is 2.26. The van der Waals surface area contributed by atoms with Crippen molar-refractivity contribution < 1.29 is 23.9 Å². The zero-order valence-corrected chi connectivity index (χ0v) is 18.9. The maximum Gasteiger partial charge on any atom is 0.417 e. The van der Waals surface area contributed by atoms with E-state index >= 15 is 0 Å². The van der Waals surface area contributed by atoms with E-state index in [0.29, 0.717) is 34.9 Å². The van der Waals surface area contributed by atoms with Gasteiger partial charge in [-0.25, -0.2) is 4.79 Å². The number of halogens is 1. The van der Waals surface area contributed by atoms with E-state index in [1.807, 2.05) is 6.92 Å². The number of piperidine rings is 1. The van der Waals surface area contributed by atoms with Crippen LogP contribution in [-0.2, 0) is 14.4 Å². The molecule has 0 saturated carbocycles. The number of carbonyl (C=O) groups is 4. The van der Waals surface area contributed by atoms with E-state index in [9.17, 15) is 19.2 Å². The van der Waals surface area contributed by atoms with Crippen molar-refractivity contribution in [1.29, 1.82) is 0 Å². The maximum absolute atomic E-state index is 12.8. The minimum absolute atomic E-state index is 0.0121. The van der Waals surface area contributed by atoms with E-state index in [-0.39, 0.29) is 11.4 Å². The molecule has 3 N–H and O–H groups in total. The highest BCUT2D eigenvalue weighted by Gasteiger charge is 2.41. The third-order valence-electron chi connectivity index (χ3n) is 5.33. The van der Waals surface area contributed by atoms with Gasteiger partial charge in [-0.05, 0) is 49.6 Å². The summed E-state index contributed by atoms with van der Waals surface area (Å²) in [6, 6.07) is 10.5. The van der Waals surface area contributed by atoms with Crippen LogP contribution < -0.4 is 20.7 Å². The predicted octanol–water partition coefficient (Wildman–Crippen LogP) is 3.72. The van der Waals surface area contributed by atoms with Crippen molar-refractivity contribution in [2.24, 2.45) is 0 Å². The van der Waals surface area contributed by atoms with Crippen LogP contribution in [0.2, 0.25) is 5.02 Å². The lowest BCUT2D eigenvalue weighted by atomic mass is 10.0. The Labute approximate surface area is 200 Å². The highest BCUT2D eigenvalue weighted by molar-refractivity contribution is 6.31. The first-order chi connectivity index (χ1) is 16.2. The molecule has 2 aromatic carbocycles. The molecule has 1 saturated heterocycles. The Kier molecular flexibility index (Phi) is 6.38. The van der Waals surface area contributed by atoms with Crippen LogP contribution in [0.4, 0.5) is 16.2 Å². The normalized spacial score (nSPS) is 17.9. The Morgan fingerprint density at radius 1 is 1.18 bits per heavy atom. The number of hydrogen-bond acceptors (Lipinski definition) is 6. The number of imide groups is 1. The van der Waals surface area contributed by atoms with Gasteiger partial charge in [0.2, 0.25) is 5.91 Å². The lowest BCUT2D eigenvalue weighted by Gasteiger charge is -2.29. The van der Waals surface area contributed by atoms with Crippen molar-refractivity contribution in [2.75, 3.05) is 10.6 Å². The smallest absolute Gasteiger partial charge is 0.410 e. The predicted molar refractivity (Wildman–Crippen MR) is 126 cm³/mol. The summed E-state index contributed by atoms with van der Waals surface area (Å²) in [4.78, 5) is 50.7. The molecule has 4 amide bonds. The first-order valence-corrected chi connectivity index (χ1v) is 10.8. The quantitative estimate of drug-likeness (QED) is 0.561. The minimum atomic E-state index is -0.894. The number of amides is 4. The van der Waals surface area contributed by atoms with Gasteiger partial charge in [0.05, 0.1) is 0 Å². The molecule has 34 heavy (non-hydrogen) atoms. The second-order valence-electron chi connectivity index (χ2n) is 7.85. The van der Waals surface area contributed by atoms with Crippen LogP contribution in [0, 0.1) is 6.92 Å². The Bertz CT molecular complexity index is 1260. The topological polar surface area (TPSA) is 117 Å². The van der Waals surface area contributed by atoms with E-state index in [4.69, 9.17) is 16.3 Å². The maximum atomic E-state index is 12.8. The molecule has 2 aliphatic rings. The molecule has 9 nitrogen and oxygen atoms in total. The van der Waals surface area contributed by atoms with Crippen LogP contribution in [0.1, 0.15) is 18.4 Å². The Hall–Kier alpha value is -4.11. The summed E-state index contributed by atoms with van der Waals surface area (Å²) >= 11 is 6.07. The standard InChI is InChI=1S/C24H21ClN4O5/c1-13-6-8-16(11-18(13)25)28-24(33)34-17-5-3-4-15(10-17)27-19-12-21(30)29(23(19)32)20-9-7-14(2)26-22(20)31/h3-6,8,10-12,20,27H,2,7,9H2,1H3,(H,26,31)(H,28,33). The number of ether oxygens (including phenoxy) is 1. The first kappa shape index (κ1) is 23.1. The lowest BCUT2D eigenvalue weighted by molar-refractivity contribution is -0.146. The third kappa shape index (κ3) is 4.94. The van der Waals surface area contributed by atoms with Gasteiger partial charge in [-0.2, -0.15) is 0 Å². The zero-order chi connectivity index (χ0) is 24.4. The van der Waals surface area contributed by atoms with E-state index in [0.717, 1.165) is 16.5 Å². The van der Waals surface area contributed by atoms with E-state index in [2.05, 4.69) is 22.5 Å². The lowest BCUT2D eigenvalue weighted by Crippen LogP contribution is -2.52. The van der Waals surface area contributed by atoms with Gasteiger partial charge in [0, 0.05) is 34.2 Å². The van der Waals surface area contributed by atoms with Crippen LogP contribution in [0.15, 0.2) is 66.5 Å². The molecule has 0 aromatic heterocycles. The van der Waals surface area contributed by atoms with Gasteiger partial charge in [0.1, 0.15) is 17.5 Å². The Morgan fingerprint density at radius 2 is 1.97 bits per heavy atom. The van der Waals surface area contributed by atoms with E-state index < -0.39 is 29.9 Å². The molecule has 0 bridgehead atoms. The van der Waals surface area contributed by atoms with Crippen molar-refractivity contribution in [3.8, 4) is 5.75 Å². The number of nitrogens with one attached hydrogen (secondary N) is 3. The first-order valence-electron chi connectivity index (χ1n) is 10.4. The number of aryl methyl sites for hydroxylation is 1. The monoisotopic (exact) mass is 480 g/mol. The Morgan fingerprint density at radius 3 is 2.71 bits per heavy atom. The molecular formula is C24H21ClN4O5. The van der Waals surface area contributed by atoms with Gasteiger partial charge < -0.3 is 15.4 Å². The molecule has 0 spiro atoms. The van der Waals surface area contributed by atoms with Crippen LogP contribution in [0.5, 0.6) is 5.75 Å². The summed E-state index contributed by atoms with van der Waals surface area (Å²) in [5.41, 5.74) is 2.34. The van der Waals surface area contributed by atoms with Gasteiger partial charge in [-0.1, -0.05) is 30.3 Å².